The Kier molecular flexibility index (Phi) is 5.29. The second-order valence-corrected chi connectivity index (χ2v) is 6.20. The molecular weight excluding hydrogens is 407 g/mol. The fourth-order valence-corrected chi connectivity index (χ4v) is 2.83. The fraction of sp³-hybridized carbons (Fsp3) is 0.211. The van der Waals surface area contributed by atoms with E-state index in [2.05, 4.69) is 0 Å². The van der Waals surface area contributed by atoms with E-state index in [4.69, 9.17) is 9.47 Å². The van der Waals surface area contributed by atoms with Crippen LogP contribution in [-0.4, -0.2) is 43.9 Å². The monoisotopic (exact) mass is 423 g/mol. The number of alkyl halides is 3. The lowest BCUT2D eigenvalue weighted by Gasteiger charge is -2.29. The Labute approximate surface area is 168 Å². The molecule has 1 fully saturated rings. The van der Waals surface area contributed by atoms with Crippen molar-refractivity contribution in [2.45, 2.75) is 11.8 Å². The van der Waals surface area contributed by atoms with Crippen LogP contribution in [0.1, 0.15) is 10.4 Å². The molecule has 2 N–H and O–H groups in total. The zero-order valence-electron chi connectivity index (χ0n) is 15.7. The van der Waals surface area contributed by atoms with Gasteiger partial charge in [-0.25, -0.2) is 9.69 Å². The Hall–Kier alpha value is -3.76. The van der Waals surface area contributed by atoms with Gasteiger partial charge in [-0.15, -0.1) is 0 Å². The largest absolute Gasteiger partial charge is 0.497 e. The van der Waals surface area contributed by atoms with Gasteiger partial charge in [-0.1, -0.05) is 0 Å². The minimum Gasteiger partial charge on any atom is -0.497 e. The highest BCUT2D eigenvalue weighted by Gasteiger charge is 2.69. The van der Waals surface area contributed by atoms with Gasteiger partial charge in [-0.3, -0.25) is 14.9 Å². The van der Waals surface area contributed by atoms with Crippen molar-refractivity contribution in [2.75, 3.05) is 19.1 Å². The standard InChI is InChI=1S/C19H16F3N3O5/c1-29-13-7-3-11(4-8-13)15(26)23-18(19(20,21)22)16(27)25(17(28)24-18)12-5-9-14(30-2)10-6-12/h3-10H,1-2H3,(H,23,26)(H,24,28). The molecule has 11 heteroatoms. The van der Waals surface area contributed by atoms with Gasteiger partial charge in [-0.2, -0.15) is 13.2 Å². The van der Waals surface area contributed by atoms with Crippen molar-refractivity contribution < 1.29 is 37.0 Å². The molecule has 1 aliphatic rings. The van der Waals surface area contributed by atoms with Gasteiger partial charge in [0.2, 0.25) is 0 Å². The molecule has 4 amide bonds. The molecule has 158 valence electrons. The third-order valence-electron chi connectivity index (χ3n) is 4.43. The fourth-order valence-electron chi connectivity index (χ4n) is 2.83. The van der Waals surface area contributed by atoms with E-state index >= 15 is 0 Å². The number of carbonyl (C=O) groups excluding carboxylic acids is 3. The summed E-state index contributed by atoms with van der Waals surface area (Å²) in [5.74, 6) is -2.14. The van der Waals surface area contributed by atoms with Gasteiger partial charge in [0, 0.05) is 5.56 Å². The third kappa shape index (κ3) is 3.49. The maximum atomic E-state index is 13.9. The number of anilines is 1. The predicted octanol–water partition coefficient (Wildman–Crippen LogP) is 2.45. The van der Waals surface area contributed by atoms with Crippen molar-refractivity contribution in [1.82, 2.24) is 10.6 Å². The molecule has 1 unspecified atom stereocenters. The lowest BCUT2D eigenvalue weighted by molar-refractivity contribution is -0.197. The molecule has 0 bridgehead atoms. The molecule has 1 saturated heterocycles. The van der Waals surface area contributed by atoms with Gasteiger partial charge in [0.05, 0.1) is 19.9 Å². The van der Waals surface area contributed by atoms with E-state index in [1.165, 1.54) is 62.8 Å². The molecule has 30 heavy (non-hydrogen) atoms. The number of rotatable bonds is 5. The zero-order chi connectivity index (χ0) is 22.1. The summed E-state index contributed by atoms with van der Waals surface area (Å²) in [5.41, 5.74) is -3.91. The van der Waals surface area contributed by atoms with Crippen LogP contribution in [0.4, 0.5) is 23.7 Å². The molecule has 8 nitrogen and oxygen atoms in total. The maximum absolute atomic E-state index is 13.9. The first-order chi connectivity index (χ1) is 14.1. The first kappa shape index (κ1) is 21.0. The number of carbonyl (C=O) groups is 3. The Morgan fingerprint density at radius 3 is 1.93 bits per heavy atom. The van der Waals surface area contributed by atoms with E-state index in [1.54, 1.807) is 10.6 Å². The summed E-state index contributed by atoms with van der Waals surface area (Å²) < 4.78 is 51.7. The molecule has 2 aromatic carbocycles. The third-order valence-corrected chi connectivity index (χ3v) is 4.43. The van der Waals surface area contributed by atoms with Crippen LogP contribution in [0.3, 0.4) is 0 Å². The maximum Gasteiger partial charge on any atom is 0.440 e. The SMILES string of the molecule is COc1ccc(C(=O)NC2(C(F)(F)F)NC(=O)N(c3ccc(OC)cc3)C2=O)cc1. The number of benzene rings is 2. The van der Waals surface area contributed by atoms with Crippen LogP contribution < -0.4 is 25.0 Å². The Bertz CT molecular complexity index is 976. The minimum atomic E-state index is -5.32. The molecule has 2 aromatic rings. The topological polar surface area (TPSA) is 97.0 Å². The van der Waals surface area contributed by atoms with E-state index in [0.717, 1.165) is 0 Å². The number of hydrogen-bond donors (Lipinski definition) is 2. The molecule has 1 atom stereocenters. The van der Waals surface area contributed by atoms with Crippen molar-refractivity contribution in [3.05, 3.63) is 54.1 Å². The Balaban J connectivity index is 1.95. The average molecular weight is 423 g/mol. The van der Waals surface area contributed by atoms with Gasteiger partial charge >= 0.3 is 12.2 Å². The summed E-state index contributed by atoms with van der Waals surface area (Å²) in [4.78, 5) is 37.8. The summed E-state index contributed by atoms with van der Waals surface area (Å²) in [6.45, 7) is 0. The number of imide groups is 1. The van der Waals surface area contributed by atoms with Gasteiger partial charge in [-0.05, 0) is 48.5 Å². The van der Waals surface area contributed by atoms with Crippen LogP contribution in [0.25, 0.3) is 0 Å². The van der Waals surface area contributed by atoms with E-state index in [1.807, 2.05) is 0 Å². The van der Waals surface area contributed by atoms with Crippen LogP contribution in [0.2, 0.25) is 0 Å². The Morgan fingerprint density at radius 2 is 1.47 bits per heavy atom. The highest BCUT2D eigenvalue weighted by Crippen LogP contribution is 2.36. The summed E-state index contributed by atoms with van der Waals surface area (Å²) in [6.07, 6.45) is -5.32. The summed E-state index contributed by atoms with van der Waals surface area (Å²) in [7, 11) is 2.76. The van der Waals surface area contributed by atoms with Gasteiger partial charge in [0.25, 0.3) is 17.5 Å². The van der Waals surface area contributed by atoms with Crippen LogP contribution in [0.5, 0.6) is 11.5 Å². The number of nitrogens with one attached hydrogen (secondary N) is 2. The Morgan fingerprint density at radius 1 is 0.967 bits per heavy atom. The normalized spacial score (nSPS) is 18.8. The number of amides is 4. The van der Waals surface area contributed by atoms with Gasteiger partial charge in [0.1, 0.15) is 11.5 Å². The molecule has 0 spiro atoms. The van der Waals surface area contributed by atoms with Crippen LogP contribution in [0.15, 0.2) is 48.5 Å². The molecule has 1 heterocycles. The number of methoxy groups -OCH3 is 2. The first-order valence-corrected chi connectivity index (χ1v) is 8.47. The van der Waals surface area contributed by atoms with Crippen molar-refractivity contribution in [1.29, 1.82) is 0 Å². The smallest absolute Gasteiger partial charge is 0.440 e. The second kappa shape index (κ2) is 7.58. The molecule has 0 aromatic heterocycles. The van der Waals surface area contributed by atoms with E-state index in [-0.39, 0.29) is 11.3 Å². The van der Waals surface area contributed by atoms with Crippen molar-refractivity contribution in [3.63, 3.8) is 0 Å². The van der Waals surface area contributed by atoms with Crippen LogP contribution >= 0.6 is 0 Å². The van der Waals surface area contributed by atoms with Gasteiger partial charge in [0.15, 0.2) is 0 Å². The number of nitrogens with zero attached hydrogens (tertiary/aromatic N) is 1. The van der Waals surface area contributed by atoms with E-state index < -0.39 is 29.7 Å². The number of ether oxygens (including phenoxy) is 2. The van der Waals surface area contributed by atoms with E-state index in [9.17, 15) is 27.6 Å². The lowest BCUT2D eigenvalue weighted by Crippen LogP contribution is -2.69. The zero-order valence-corrected chi connectivity index (χ0v) is 15.7. The predicted molar refractivity (Wildman–Crippen MR) is 98.3 cm³/mol. The summed E-state index contributed by atoms with van der Waals surface area (Å²) in [5, 5.41) is 3.22. The van der Waals surface area contributed by atoms with Crippen LogP contribution in [-0.2, 0) is 4.79 Å². The molecule has 0 aliphatic carbocycles. The number of halogens is 3. The molecule has 0 radical (unpaired) electrons. The first-order valence-electron chi connectivity index (χ1n) is 8.47. The van der Waals surface area contributed by atoms with Crippen molar-refractivity contribution in [3.8, 4) is 11.5 Å². The van der Waals surface area contributed by atoms with Gasteiger partial charge < -0.3 is 14.8 Å². The highest BCUT2D eigenvalue weighted by molar-refractivity contribution is 6.24. The summed E-state index contributed by atoms with van der Waals surface area (Å²) in [6, 6.07) is 9.09. The molecule has 1 aliphatic heterocycles. The molecule has 3 rings (SSSR count). The number of urea groups is 1. The number of hydrogen-bond acceptors (Lipinski definition) is 5. The van der Waals surface area contributed by atoms with Crippen LogP contribution in [0, 0.1) is 0 Å². The van der Waals surface area contributed by atoms with Crippen molar-refractivity contribution >= 4 is 23.5 Å². The molecule has 0 saturated carbocycles. The lowest BCUT2D eigenvalue weighted by atomic mass is 10.1. The summed E-state index contributed by atoms with van der Waals surface area (Å²) >= 11 is 0. The second-order valence-electron chi connectivity index (χ2n) is 6.20. The van der Waals surface area contributed by atoms with Crippen molar-refractivity contribution in [2.24, 2.45) is 0 Å². The quantitative estimate of drug-likeness (QED) is 0.721. The minimum absolute atomic E-state index is 0.122. The highest BCUT2D eigenvalue weighted by atomic mass is 19.4. The average Bonchev–Trinajstić information content (AvgIpc) is 2.98. The van der Waals surface area contributed by atoms with E-state index in [0.29, 0.717) is 16.4 Å². The molecular formula is C19H16F3N3O5.